The maximum Gasteiger partial charge on any atom is 0.243 e. The van der Waals surface area contributed by atoms with Gasteiger partial charge < -0.3 is 19.7 Å². The first-order valence-electron chi connectivity index (χ1n) is 13.8. The van der Waals surface area contributed by atoms with Crippen LogP contribution in [0.3, 0.4) is 0 Å². The second-order valence-corrected chi connectivity index (χ2v) is 9.96. The molecule has 9 heteroatoms. The lowest BCUT2D eigenvalue weighted by Crippen LogP contribution is -2.47. The number of amides is 1. The van der Waals surface area contributed by atoms with Crippen molar-refractivity contribution in [1.29, 1.82) is 5.26 Å². The van der Waals surface area contributed by atoms with Gasteiger partial charge in [0.25, 0.3) is 0 Å². The fraction of sp³-hybridized carbons (Fsp3) is 0.312. The monoisotopic (exact) mass is 550 g/mol. The van der Waals surface area contributed by atoms with Crippen LogP contribution in [0.1, 0.15) is 22.7 Å². The number of hydrogen-bond acceptors (Lipinski definition) is 8. The number of nitriles is 1. The topological polar surface area (TPSA) is 104 Å². The molecule has 1 saturated heterocycles. The molecule has 9 nitrogen and oxygen atoms in total. The van der Waals surface area contributed by atoms with Gasteiger partial charge in [-0.2, -0.15) is 5.26 Å². The minimum absolute atomic E-state index is 0.362. The van der Waals surface area contributed by atoms with Crippen LogP contribution >= 0.6 is 0 Å². The van der Waals surface area contributed by atoms with Crippen molar-refractivity contribution in [2.45, 2.75) is 18.9 Å². The summed E-state index contributed by atoms with van der Waals surface area (Å²) in [5.74, 6) is 0.403. The van der Waals surface area contributed by atoms with Gasteiger partial charge in [0.2, 0.25) is 5.91 Å². The molecular formula is C32H34N6O3. The molecule has 4 aromatic rings. The maximum absolute atomic E-state index is 13.3. The minimum Gasteiger partial charge on any atom is -0.493 e. The van der Waals surface area contributed by atoms with Gasteiger partial charge in [-0.1, -0.05) is 48.5 Å². The molecule has 3 aromatic carbocycles. The highest BCUT2D eigenvalue weighted by molar-refractivity contribution is 5.88. The van der Waals surface area contributed by atoms with Crippen molar-refractivity contribution in [2.75, 3.05) is 51.8 Å². The Morgan fingerprint density at radius 2 is 1.59 bits per heavy atom. The van der Waals surface area contributed by atoms with E-state index in [0.29, 0.717) is 41.5 Å². The molecule has 41 heavy (non-hydrogen) atoms. The average Bonchev–Trinajstić information content (AvgIpc) is 3.02. The molecule has 0 aliphatic carbocycles. The van der Waals surface area contributed by atoms with Crippen molar-refractivity contribution in [2.24, 2.45) is 0 Å². The first-order chi connectivity index (χ1) is 20.1. The SMILES string of the molecule is COc1ccc(CCNC(=O)[C@@H](C#N)c2nc3ccccc3nc2N2CCN(Cc3ccccc3)CC2)cc1OC. The van der Waals surface area contributed by atoms with Gasteiger partial charge in [-0.15, -0.1) is 0 Å². The van der Waals surface area contributed by atoms with Crippen LogP contribution in [0.15, 0.2) is 72.8 Å². The summed E-state index contributed by atoms with van der Waals surface area (Å²) in [6.07, 6.45) is 0.573. The molecule has 1 aliphatic heterocycles. The van der Waals surface area contributed by atoms with Crippen LogP contribution in [0.25, 0.3) is 11.0 Å². The summed E-state index contributed by atoms with van der Waals surface area (Å²) in [5.41, 5.74) is 4.06. The molecule has 1 fully saturated rings. The predicted molar refractivity (Wildman–Crippen MR) is 158 cm³/mol. The third-order valence-electron chi connectivity index (χ3n) is 7.32. The van der Waals surface area contributed by atoms with Crippen LogP contribution in [0.2, 0.25) is 0 Å². The van der Waals surface area contributed by atoms with Gasteiger partial charge in [-0.25, -0.2) is 9.97 Å². The summed E-state index contributed by atoms with van der Waals surface area (Å²) in [7, 11) is 3.18. The summed E-state index contributed by atoms with van der Waals surface area (Å²) in [4.78, 5) is 27.6. The van der Waals surface area contributed by atoms with E-state index in [9.17, 15) is 10.1 Å². The number of piperazine rings is 1. The number of carbonyl (C=O) groups excluding carboxylic acids is 1. The van der Waals surface area contributed by atoms with Crippen LogP contribution in [0, 0.1) is 11.3 Å². The lowest BCUT2D eigenvalue weighted by Gasteiger charge is -2.36. The lowest BCUT2D eigenvalue weighted by atomic mass is 10.0. The molecule has 1 aliphatic rings. The Bertz CT molecular complexity index is 1530. The van der Waals surface area contributed by atoms with Gasteiger partial charge in [0.15, 0.2) is 23.2 Å². The van der Waals surface area contributed by atoms with E-state index < -0.39 is 5.92 Å². The van der Waals surface area contributed by atoms with Crippen LogP contribution in [-0.2, 0) is 17.8 Å². The molecule has 5 rings (SSSR count). The number of benzene rings is 3. The van der Waals surface area contributed by atoms with E-state index in [2.05, 4.69) is 45.5 Å². The number of ether oxygens (including phenoxy) is 2. The van der Waals surface area contributed by atoms with Crippen molar-refractivity contribution in [3.63, 3.8) is 0 Å². The number of anilines is 1. The summed E-state index contributed by atoms with van der Waals surface area (Å²) in [5, 5.41) is 13.1. The maximum atomic E-state index is 13.3. The van der Waals surface area contributed by atoms with Crippen LogP contribution in [-0.4, -0.2) is 67.7 Å². The fourth-order valence-electron chi connectivity index (χ4n) is 5.10. The number of para-hydroxylation sites is 2. The largest absolute Gasteiger partial charge is 0.493 e. The zero-order valence-electron chi connectivity index (χ0n) is 23.4. The number of nitrogens with zero attached hydrogens (tertiary/aromatic N) is 5. The zero-order valence-corrected chi connectivity index (χ0v) is 23.4. The molecule has 0 bridgehead atoms. The van der Waals surface area contributed by atoms with Crippen molar-refractivity contribution in [3.05, 3.63) is 89.6 Å². The average molecular weight is 551 g/mol. The van der Waals surface area contributed by atoms with Gasteiger partial charge in [-0.05, 0) is 41.8 Å². The summed E-state index contributed by atoms with van der Waals surface area (Å²) in [6, 6.07) is 25.8. The summed E-state index contributed by atoms with van der Waals surface area (Å²) < 4.78 is 10.7. The Hall–Kier alpha value is -4.68. The van der Waals surface area contributed by atoms with E-state index in [1.165, 1.54) is 5.56 Å². The van der Waals surface area contributed by atoms with Crippen LogP contribution < -0.4 is 19.7 Å². The molecule has 0 saturated carbocycles. The number of hydrogen-bond donors (Lipinski definition) is 1. The van der Waals surface area contributed by atoms with Crippen molar-refractivity contribution < 1.29 is 14.3 Å². The van der Waals surface area contributed by atoms with Crippen molar-refractivity contribution in [3.8, 4) is 17.6 Å². The number of methoxy groups -OCH3 is 2. The highest BCUT2D eigenvalue weighted by atomic mass is 16.5. The number of aromatic nitrogens is 2. The molecule has 0 radical (unpaired) electrons. The number of rotatable bonds is 10. The minimum atomic E-state index is -1.09. The van der Waals surface area contributed by atoms with Gasteiger partial charge in [-0.3, -0.25) is 9.69 Å². The van der Waals surface area contributed by atoms with E-state index in [1.807, 2.05) is 48.5 Å². The Morgan fingerprint density at radius 1 is 0.902 bits per heavy atom. The molecule has 0 unspecified atom stereocenters. The Morgan fingerprint density at radius 3 is 2.27 bits per heavy atom. The Labute approximate surface area is 240 Å². The van der Waals surface area contributed by atoms with Crippen LogP contribution in [0.4, 0.5) is 5.82 Å². The second kappa shape index (κ2) is 13.1. The van der Waals surface area contributed by atoms with Gasteiger partial charge in [0.05, 0.1) is 31.3 Å². The molecule has 0 spiro atoms. The third kappa shape index (κ3) is 6.56. The molecule has 1 aromatic heterocycles. The smallest absolute Gasteiger partial charge is 0.243 e. The third-order valence-corrected chi connectivity index (χ3v) is 7.32. The van der Waals surface area contributed by atoms with E-state index in [4.69, 9.17) is 19.4 Å². The Kier molecular flexibility index (Phi) is 8.92. The predicted octanol–water partition coefficient (Wildman–Crippen LogP) is 3.94. The van der Waals surface area contributed by atoms with E-state index >= 15 is 0 Å². The number of carbonyl (C=O) groups is 1. The van der Waals surface area contributed by atoms with E-state index in [-0.39, 0.29) is 5.91 Å². The molecule has 1 amide bonds. The van der Waals surface area contributed by atoms with Crippen molar-refractivity contribution in [1.82, 2.24) is 20.2 Å². The lowest BCUT2D eigenvalue weighted by molar-refractivity contribution is -0.121. The molecule has 1 N–H and O–H groups in total. The van der Waals surface area contributed by atoms with Gasteiger partial charge >= 0.3 is 0 Å². The van der Waals surface area contributed by atoms with Gasteiger partial charge in [0.1, 0.15) is 5.69 Å². The first kappa shape index (κ1) is 27.9. The molecular weight excluding hydrogens is 516 g/mol. The van der Waals surface area contributed by atoms with Crippen molar-refractivity contribution >= 4 is 22.8 Å². The number of nitrogens with one attached hydrogen (secondary N) is 1. The normalized spacial score (nSPS) is 14.3. The second-order valence-electron chi connectivity index (χ2n) is 9.96. The highest BCUT2D eigenvalue weighted by Gasteiger charge is 2.30. The summed E-state index contributed by atoms with van der Waals surface area (Å²) in [6.45, 7) is 4.39. The zero-order chi connectivity index (χ0) is 28.6. The summed E-state index contributed by atoms with van der Waals surface area (Å²) >= 11 is 0. The molecule has 2 heterocycles. The molecule has 210 valence electrons. The Balaban J connectivity index is 1.31. The number of fused-ring (bicyclic) bond motifs is 1. The first-order valence-corrected chi connectivity index (χ1v) is 13.8. The van der Waals surface area contributed by atoms with Crippen LogP contribution in [0.5, 0.6) is 11.5 Å². The van der Waals surface area contributed by atoms with Gasteiger partial charge in [0, 0.05) is 39.3 Å². The standard InChI is InChI=1S/C32H34N6O3/c1-40-28-13-12-23(20-29(28)41-2)14-15-34-32(39)25(21-33)30-31(36-27-11-7-6-10-26(27)35-30)38-18-16-37(17-19-38)22-24-8-4-3-5-9-24/h3-13,20,25H,14-19,22H2,1-2H3,(H,34,39)/t25-/m0/s1. The van der Waals surface area contributed by atoms with E-state index in [1.54, 1.807) is 14.2 Å². The van der Waals surface area contributed by atoms with E-state index in [0.717, 1.165) is 43.8 Å². The highest BCUT2D eigenvalue weighted by Crippen LogP contribution is 2.29. The fourth-order valence-corrected chi connectivity index (χ4v) is 5.10. The quantitative estimate of drug-likeness (QED) is 0.317. The molecule has 1 atom stereocenters.